The standard InChI is InChI=1S/C13H20FN3O/c1-4-17(9-13(18)16(2)3)8-10-5-6-11(14)7-12(10)15/h5-7H,4,8-9,15H2,1-3H3. The molecule has 5 heteroatoms. The van der Waals surface area contributed by atoms with Gasteiger partial charge in [0.2, 0.25) is 5.91 Å². The van der Waals surface area contributed by atoms with Gasteiger partial charge in [-0.2, -0.15) is 0 Å². The van der Waals surface area contributed by atoms with Crippen LogP contribution in [0.15, 0.2) is 18.2 Å². The Balaban J connectivity index is 2.71. The number of nitrogen functional groups attached to an aromatic ring is 1. The molecule has 0 radical (unpaired) electrons. The van der Waals surface area contributed by atoms with E-state index in [4.69, 9.17) is 5.73 Å². The number of nitrogens with two attached hydrogens (primary N) is 1. The number of hydrogen-bond acceptors (Lipinski definition) is 3. The summed E-state index contributed by atoms with van der Waals surface area (Å²) in [6.07, 6.45) is 0. The zero-order valence-corrected chi connectivity index (χ0v) is 11.1. The number of likely N-dealkylation sites (N-methyl/N-ethyl adjacent to an activating group) is 2. The van der Waals surface area contributed by atoms with Crippen LogP contribution in [0.3, 0.4) is 0 Å². The second kappa shape index (κ2) is 6.35. The monoisotopic (exact) mass is 253 g/mol. The van der Waals surface area contributed by atoms with E-state index >= 15 is 0 Å². The van der Waals surface area contributed by atoms with Gasteiger partial charge >= 0.3 is 0 Å². The van der Waals surface area contributed by atoms with Crippen molar-refractivity contribution in [2.45, 2.75) is 13.5 Å². The molecule has 18 heavy (non-hydrogen) atoms. The van der Waals surface area contributed by atoms with E-state index in [1.54, 1.807) is 25.1 Å². The zero-order valence-electron chi connectivity index (χ0n) is 11.1. The summed E-state index contributed by atoms with van der Waals surface area (Å²) in [5.41, 5.74) is 7.01. The van der Waals surface area contributed by atoms with Crippen molar-refractivity contribution >= 4 is 11.6 Å². The third kappa shape index (κ3) is 4.00. The van der Waals surface area contributed by atoms with E-state index < -0.39 is 0 Å². The number of nitrogens with zero attached hydrogens (tertiary/aromatic N) is 2. The van der Waals surface area contributed by atoms with Crippen molar-refractivity contribution in [1.29, 1.82) is 0 Å². The zero-order chi connectivity index (χ0) is 13.7. The fourth-order valence-electron chi connectivity index (χ4n) is 1.56. The largest absolute Gasteiger partial charge is 0.398 e. The molecule has 0 saturated heterocycles. The third-order valence-electron chi connectivity index (χ3n) is 2.81. The van der Waals surface area contributed by atoms with Gasteiger partial charge in [-0.05, 0) is 24.2 Å². The molecule has 2 N–H and O–H groups in total. The Labute approximate surface area is 107 Å². The van der Waals surface area contributed by atoms with Gasteiger partial charge in [0.05, 0.1) is 6.54 Å². The molecule has 0 aliphatic heterocycles. The van der Waals surface area contributed by atoms with E-state index in [-0.39, 0.29) is 11.7 Å². The van der Waals surface area contributed by atoms with Crippen LogP contribution in [0.2, 0.25) is 0 Å². The predicted octanol–water partition coefficient (Wildman–Crippen LogP) is 1.32. The lowest BCUT2D eigenvalue weighted by atomic mass is 10.1. The summed E-state index contributed by atoms with van der Waals surface area (Å²) in [4.78, 5) is 15.2. The average molecular weight is 253 g/mol. The molecule has 0 spiro atoms. The second-order valence-electron chi connectivity index (χ2n) is 4.43. The van der Waals surface area contributed by atoms with E-state index in [1.807, 2.05) is 11.8 Å². The minimum Gasteiger partial charge on any atom is -0.398 e. The Bertz CT molecular complexity index is 421. The highest BCUT2D eigenvalue weighted by molar-refractivity contribution is 5.77. The SMILES string of the molecule is CCN(CC(=O)N(C)C)Cc1ccc(F)cc1N. The van der Waals surface area contributed by atoms with Crippen LogP contribution in [0.25, 0.3) is 0 Å². The fourth-order valence-corrected chi connectivity index (χ4v) is 1.56. The normalized spacial score (nSPS) is 10.7. The number of amides is 1. The van der Waals surface area contributed by atoms with Gasteiger partial charge in [-0.15, -0.1) is 0 Å². The van der Waals surface area contributed by atoms with Crippen LogP contribution in [0.1, 0.15) is 12.5 Å². The molecule has 0 saturated carbocycles. The molecule has 1 aromatic rings. The number of rotatable bonds is 5. The maximum absolute atomic E-state index is 12.9. The van der Waals surface area contributed by atoms with Gasteiger partial charge in [0.1, 0.15) is 5.82 Å². The first kappa shape index (κ1) is 14.4. The molecule has 100 valence electrons. The van der Waals surface area contributed by atoms with Gasteiger partial charge in [0.15, 0.2) is 0 Å². The Hall–Kier alpha value is -1.62. The number of benzene rings is 1. The highest BCUT2D eigenvalue weighted by atomic mass is 19.1. The van der Waals surface area contributed by atoms with Crippen LogP contribution >= 0.6 is 0 Å². The van der Waals surface area contributed by atoms with Gasteiger partial charge in [0, 0.05) is 26.3 Å². The van der Waals surface area contributed by atoms with E-state index in [1.165, 1.54) is 12.1 Å². The number of hydrogen-bond donors (Lipinski definition) is 1. The first-order chi connectivity index (χ1) is 8.43. The summed E-state index contributed by atoms with van der Waals surface area (Å²) >= 11 is 0. The number of halogens is 1. The maximum atomic E-state index is 12.9. The summed E-state index contributed by atoms with van der Waals surface area (Å²) in [5, 5.41) is 0. The Morgan fingerprint density at radius 3 is 2.56 bits per heavy atom. The highest BCUT2D eigenvalue weighted by Crippen LogP contribution is 2.15. The molecule has 0 atom stereocenters. The molecule has 0 bridgehead atoms. The van der Waals surface area contributed by atoms with Crippen molar-refractivity contribution in [3.05, 3.63) is 29.6 Å². The van der Waals surface area contributed by atoms with Gasteiger partial charge < -0.3 is 10.6 Å². The van der Waals surface area contributed by atoms with Crippen LogP contribution in [0, 0.1) is 5.82 Å². The Morgan fingerprint density at radius 1 is 1.39 bits per heavy atom. The number of carbonyl (C=O) groups is 1. The van der Waals surface area contributed by atoms with Crippen molar-refractivity contribution in [3.63, 3.8) is 0 Å². The lowest BCUT2D eigenvalue weighted by molar-refractivity contribution is -0.130. The molecule has 4 nitrogen and oxygen atoms in total. The molecular formula is C13H20FN3O. The van der Waals surface area contributed by atoms with Gasteiger partial charge in [-0.1, -0.05) is 13.0 Å². The molecule has 1 rings (SSSR count). The van der Waals surface area contributed by atoms with Gasteiger partial charge in [0.25, 0.3) is 0 Å². The molecular weight excluding hydrogens is 233 g/mol. The lowest BCUT2D eigenvalue weighted by Crippen LogP contribution is -2.36. The Morgan fingerprint density at radius 2 is 2.06 bits per heavy atom. The van der Waals surface area contributed by atoms with E-state index in [0.717, 1.165) is 12.1 Å². The minimum absolute atomic E-state index is 0.0394. The second-order valence-corrected chi connectivity index (χ2v) is 4.43. The first-order valence-corrected chi connectivity index (χ1v) is 5.90. The van der Waals surface area contributed by atoms with E-state index in [9.17, 15) is 9.18 Å². The van der Waals surface area contributed by atoms with Crippen LogP contribution in [-0.2, 0) is 11.3 Å². The summed E-state index contributed by atoms with van der Waals surface area (Å²) in [5.74, 6) is -0.304. The highest BCUT2D eigenvalue weighted by Gasteiger charge is 2.12. The lowest BCUT2D eigenvalue weighted by Gasteiger charge is -2.22. The van der Waals surface area contributed by atoms with E-state index in [2.05, 4.69) is 0 Å². The summed E-state index contributed by atoms with van der Waals surface area (Å²) < 4.78 is 12.9. The van der Waals surface area contributed by atoms with Crippen LogP contribution in [-0.4, -0.2) is 42.9 Å². The number of anilines is 1. The third-order valence-corrected chi connectivity index (χ3v) is 2.81. The first-order valence-electron chi connectivity index (χ1n) is 5.90. The summed E-state index contributed by atoms with van der Waals surface area (Å²) in [6, 6.07) is 4.34. The predicted molar refractivity (Wildman–Crippen MR) is 70.5 cm³/mol. The van der Waals surface area contributed by atoms with E-state index in [0.29, 0.717) is 18.8 Å². The van der Waals surface area contributed by atoms with Crippen LogP contribution < -0.4 is 5.73 Å². The van der Waals surface area contributed by atoms with Crippen molar-refractivity contribution < 1.29 is 9.18 Å². The summed E-state index contributed by atoms with van der Waals surface area (Å²) in [7, 11) is 3.45. The van der Waals surface area contributed by atoms with Crippen molar-refractivity contribution in [2.75, 3.05) is 32.9 Å². The number of carbonyl (C=O) groups excluding carboxylic acids is 1. The average Bonchev–Trinajstić information content (AvgIpc) is 2.31. The summed E-state index contributed by atoms with van der Waals surface area (Å²) in [6.45, 7) is 3.58. The smallest absolute Gasteiger partial charge is 0.236 e. The topological polar surface area (TPSA) is 49.6 Å². The molecule has 1 aromatic carbocycles. The Kier molecular flexibility index (Phi) is 5.09. The van der Waals surface area contributed by atoms with Crippen molar-refractivity contribution in [2.24, 2.45) is 0 Å². The van der Waals surface area contributed by atoms with Crippen LogP contribution in [0.5, 0.6) is 0 Å². The molecule has 0 heterocycles. The molecule has 0 aliphatic carbocycles. The van der Waals surface area contributed by atoms with Crippen molar-refractivity contribution in [3.8, 4) is 0 Å². The van der Waals surface area contributed by atoms with Crippen LogP contribution in [0.4, 0.5) is 10.1 Å². The molecule has 1 amide bonds. The minimum atomic E-state index is -0.344. The molecule has 0 aromatic heterocycles. The quantitative estimate of drug-likeness (QED) is 0.805. The molecule has 0 unspecified atom stereocenters. The van der Waals surface area contributed by atoms with Gasteiger partial charge in [-0.25, -0.2) is 4.39 Å². The fraction of sp³-hybridized carbons (Fsp3) is 0.462. The molecule has 0 fully saturated rings. The maximum Gasteiger partial charge on any atom is 0.236 e. The van der Waals surface area contributed by atoms with Crippen molar-refractivity contribution in [1.82, 2.24) is 9.80 Å². The van der Waals surface area contributed by atoms with Gasteiger partial charge in [-0.3, -0.25) is 9.69 Å². The molecule has 0 aliphatic rings.